The Hall–Kier alpha value is -1.88. The van der Waals surface area contributed by atoms with Crippen molar-refractivity contribution in [3.8, 4) is 0 Å². The summed E-state index contributed by atoms with van der Waals surface area (Å²) in [6, 6.07) is 4.98. The molecule has 2 unspecified atom stereocenters. The molecule has 114 valence electrons. The number of ether oxygens (including phenoxy) is 1. The fourth-order valence-electron chi connectivity index (χ4n) is 2.58. The normalized spacial score (nSPS) is 21.7. The monoisotopic (exact) mass is 290 g/mol. The van der Waals surface area contributed by atoms with E-state index in [-0.39, 0.29) is 17.9 Å². The molecule has 1 fully saturated rings. The van der Waals surface area contributed by atoms with E-state index >= 15 is 0 Å². The molecule has 21 heavy (non-hydrogen) atoms. The summed E-state index contributed by atoms with van der Waals surface area (Å²) in [5.41, 5.74) is 2.06. The van der Waals surface area contributed by atoms with Crippen molar-refractivity contribution in [1.29, 1.82) is 0 Å². The van der Waals surface area contributed by atoms with Gasteiger partial charge in [0.1, 0.15) is 0 Å². The number of rotatable bonds is 3. The summed E-state index contributed by atoms with van der Waals surface area (Å²) in [7, 11) is 1.35. The lowest BCUT2D eigenvalue weighted by molar-refractivity contribution is -0.119. The number of aryl methyl sites for hydroxylation is 1. The molecular weight excluding hydrogens is 268 g/mol. The summed E-state index contributed by atoms with van der Waals surface area (Å²) in [4.78, 5) is 23.7. The van der Waals surface area contributed by atoms with Gasteiger partial charge in [-0.2, -0.15) is 0 Å². The first-order valence-corrected chi connectivity index (χ1v) is 7.24. The molecule has 2 rings (SSSR count). The third kappa shape index (κ3) is 3.82. The van der Waals surface area contributed by atoms with Crippen molar-refractivity contribution in [2.45, 2.75) is 32.7 Å². The van der Waals surface area contributed by atoms with E-state index in [4.69, 9.17) is 0 Å². The SMILES string of the molecule is COC(=O)c1ccc(NC(=O)C2CC(C)CCN2)c(C)c1. The molecule has 1 saturated heterocycles. The predicted octanol–water partition coefficient (Wildman–Crippen LogP) is 2.11. The predicted molar refractivity (Wildman–Crippen MR) is 81.3 cm³/mol. The first-order valence-electron chi connectivity index (χ1n) is 7.24. The van der Waals surface area contributed by atoms with E-state index in [2.05, 4.69) is 22.3 Å². The van der Waals surface area contributed by atoms with Crippen LogP contribution in [0.25, 0.3) is 0 Å². The molecular formula is C16H22N2O3. The molecule has 1 aliphatic rings. The number of anilines is 1. The highest BCUT2D eigenvalue weighted by molar-refractivity contribution is 5.96. The smallest absolute Gasteiger partial charge is 0.337 e. The van der Waals surface area contributed by atoms with E-state index in [1.807, 2.05) is 6.92 Å². The van der Waals surface area contributed by atoms with Crippen LogP contribution in [0, 0.1) is 12.8 Å². The van der Waals surface area contributed by atoms with E-state index in [1.165, 1.54) is 7.11 Å². The van der Waals surface area contributed by atoms with Crippen LogP contribution in [0.4, 0.5) is 5.69 Å². The number of benzene rings is 1. The van der Waals surface area contributed by atoms with Crippen molar-refractivity contribution in [2.24, 2.45) is 5.92 Å². The van der Waals surface area contributed by atoms with Gasteiger partial charge in [0, 0.05) is 5.69 Å². The molecule has 1 aliphatic heterocycles. The lowest BCUT2D eigenvalue weighted by Crippen LogP contribution is -2.45. The molecule has 1 aromatic rings. The van der Waals surface area contributed by atoms with E-state index in [9.17, 15) is 9.59 Å². The van der Waals surface area contributed by atoms with E-state index in [1.54, 1.807) is 18.2 Å². The van der Waals surface area contributed by atoms with Gasteiger partial charge >= 0.3 is 5.97 Å². The minimum Gasteiger partial charge on any atom is -0.465 e. The largest absolute Gasteiger partial charge is 0.465 e. The molecule has 0 radical (unpaired) electrons. The fraction of sp³-hybridized carbons (Fsp3) is 0.500. The molecule has 2 N–H and O–H groups in total. The molecule has 5 heteroatoms. The van der Waals surface area contributed by atoms with Crippen LogP contribution < -0.4 is 10.6 Å². The maximum Gasteiger partial charge on any atom is 0.337 e. The number of piperidine rings is 1. The number of methoxy groups -OCH3 is 1. The molecule has 0 saturated carbocycles. The second-order valence-electron chi connectivity index (χ2n) is 5.65. The number of amides is 1. The van der Waals surface area contributed by atoms with Gasteiger partial charge in [0.2, 0.25) is 5.91 Å². The number of carbonyl (C=O) groups excluding carboxylic acids is 2. The van der Waals surface area contributed by atoms with Crippen LogP contribution in [0.5, 0.6) is 0 Å². The van der Waals surface area contributed by atoms with Gasteiger partial charge in [0.05, 0.1) is 18.7 Å². The van der Waals surface area contributed by atoms with Gasteiger partial charge in [0.25, 0.3) is 0 Å². The highest BCUT2D eigenvalue weighted by Crippen LogP contribution is 2.20. The second-order valence-corrected chi connectivity index (χ2v) is 5.65. The topological polar surface area (TPSA) is 67.4 Å². The third-order valence-corrected chi connectivity index (χ3v) is 3.89. The average molecular weight is 290 g/mol. The molecule has 1 heterocycles. The van der Waals surface area contributed by atoms with E-state index in [0.29, 0.717) is 11.5 Å². The molecule has 2 atom stereocenters. The Balaban J connectivity index is 2.05. The molecule has 0 aliphatic carbocycles. The molecule has 1 aromatic carbocycles. The van der Waals surface area contributed by atoms with Crippen LogP contribution in [0.1, 0.15) is 35.7 Å². The standard InChI is InChI=1S/C16H22N2O3/c1-10-6-7-17-14(8-10)15(19)18-13-5-4-12(9-11(13)2)16(20)21-3/h4-5,9-10,14,17H,6-8H2,1-3H3,(H,18,19). The van der Waals surface area contributed by atoms with Gasteiger partial charge in [-0.3, -0.25) is 4.79 Å². The van der Waals surface area contributed by atoms with Gasteiger partial charge in [-0.25, -0.2) is 4.79 Å². The second kappa shape index (κ2) is 6.72. The summed E-state index contributed by atoms with van der Waals surface area (Å²) in [6.07, 6.45) is 1.96. The van der Waals surface area contributed by atoms with Crippen molar-refractivity contribution in [3.05, 3.63) is 29.3 Å². The first kappa shape index (κ1) is 15.5. The molecule has 5 nitrogen and oxygen atoms in total. The summed E-state index contributed by atoms with van der Waals surface area (Å²) in [6.45, 7) is 4.90. The van der Waals surface area contributed by atoms with Crippen LogP contribution in [-0.4, -0.2) is 31.6 Å². The fourth-order valence-corrected chi connectivity index (χ4v) is 2.58. The van der Waals surface area contributed by atoms with Crippen molar-refractivity contribution in [1.82, 2.24) is 5.32 Å². The number of esters is 1. The molecule has 0 aromatic heterocycles. The zero-order valence-corrected chi connectivity index (χ0v) is 12.7. The Morgan fingerprint density at radius 1 is 1.38 bits per heavy atom. The Morgan fingerprint density at radius 2 is 2.14 bits per heavy atom. The average Bonchev–Trinajstić information content (AvgIpc) is 2.48. The van der Waals surface area contributed by atoms with Crippen LogP contribution >= 0.6 is 0 Å². The van der Waals surface area contributed by atoms with E-state index < -0.39 is 0 Å². The zero-order valence-electron chi connectivity index (χ0n) is 12.7. The number of nitrogens with one attached hydrogen (secondary N) is 2. The molecule has 0 spiro atoms. The Labute approximate surface area is 125 Å². The van der Waals surface area contributed by atoms with Crippen LogP contribution in [0.3, 0.4) is 0 Å². The number of carbonyl (C=O) groups is 2. The van der Waals surface area contributed by atoms with Gasteiger partial charge < -0.3 is 15.4 Å². The number of hydrogen-bond donors (Lipinski definition) is 2. The van der Waals surface area contributed by atoms with Gasteiger partial charge in [0.15, 0.2) is 0 Å². The summed E-state index contributed by atoms with van der Waals surface area (Å²) < 4.78 is 4.68. The summed E-state index contributed by atoms with van der Waals surface area (Å²) in [5.74, 6) is 0.166. The quantitative estimate of drug-likeness (QED) is 0.837. The minimum absolute atomic E-state index is 0.0181. The number of hydrogen-bond acceptors (Lipinski definition) is 4. The summed E-state index contributed by atoms with van der Waals surface area (Å²) >= 11 is 0. The van der Waals surface area contributed by atoms with Gasteiger partial charge in [-0.1, -0.05) is 6.92 Å². The minimum atomic E-state index is -0.376. The zero-order chi connectivity index (χ0) is 15.4. The van der Waals surface area contributed by atoms with E-state index in [0.717, 1.165) is 30.6 Å². The Kier molecular flexibility index (Phi) is 4.96. The van der Waals surface area contributed by atoms with Gasteiger partial charge in [-0.05, 0) is 56.0 Å². The molecule has 0 bridgehead atoms. The highest BCUT2D eigenvalue weighted by Gasteiger charge is 2.24. The lowest BCUT2D eigenvalue weighted by Gasteiger charge is -2.27. The Bertz CT molecular complexity index is 542. The summed E-state index contributed by atoms with van der Waals surface area (Å²) in [5, 5.41) is 6.17. The van der Waals surface area contributed by atoms with Crippen molar-refractivity contribution in [2.75, 3.05) is 19.0 Å². The van der Waals surface area contributed by atoms with Crippen LogP contribution in [0.15, 0.2) is 18.2 Å². The van der Waals surface area contributed by atoms with Gasteiger partial charge in [-0.15, -0.1) is 0 Å². The van der Waals surface area contributed by atoms with Crippen LogP contribution in [-0.2, 0) is 9.53 Å². The maximum atomic E-state index is 12.3. The molecule has 1 amide bonds. The highest BCUT2D eigenvalue weighted by atomic mass is 16.5. The first-order chi connectivity index (χ1) is 10.0. The lowest BCUT2D eigenvalue weighted by atomic mass is 9.94. The third-order valence-electron chi connectivity index (χ3n) is 3.89. The van der Waals surface area contributed by atoms with Crippen LogP contribution in [0.2, 0.25) is 0 Å². The van der Waals surface area contributed by atoms with Crippen molar-refractivity contribution in [3.63, 3.8) is 0 Å². The Morgan fingerprint density at radius 3 is 2.76 bits per heavy atom. The maximum absolute atomic E-state index is 12.3. The van der Waals surface area contributed by atoms with Crippen molar-refractivity contribution >= 4 is 17.6 Å². The van der Waals surface area contributed by atoms with Crippen molar-refractivity contribution < 1.29 is 14.3 Å².